The second-order valence-corrected chi connectivity index (χ2v) is 21.5. The summed E-state index contributed by atoms with van der Waals surface area (Å²) in [6.07, 6.45) is 6.80. The summed E-state index contributed by atoms with van der Waals surface area (Å²) in [5.41, 5.74) is 5.99. The number of ether oxygens (including phenoxy) is 2. The van der Waals surface area contributed by atoms with Crippen LogP contribution in [0.4, 0.5) is 9.59 Å². The van der Waals surface area contributed by atoms with E-state index in [2.05, 4.69) is 22.3 Å². The van der Waals surface area contributed by atoms with Crippen molar-refractivity contribution in [2.45, 2.75) is 90.6 Å². The fraction of sp³-hybridized carbons (Fsp3) is 0.500. The van der Waals surface area contributed by atoms with Gasteiger partial charge in [-0.1, -0.05) is 63.8 Å². The summed E-state index contributed by atoms with van der Waals surface area (Å²) in [5, 5.41) is 7.98. The van der Waals surface area contributed by atoms with Crippen LogP contribution in [0.5, 0.6) is 0 Å². The number of amides is 2. The average molecular weight is 898 g/mol. The summed E-state index contributed by atoms with van der Waals surface area (Å²) in [5.74, 6) is 0. The molecule has 0 aliphatic rings. The Labute approximate surface area is 347 Å². The van der Waals surface area contributed by atoms with E-state index in [1.54, 1.807) is 55.1 Å². The van der Waals surface area contributed by atoms with Crippen LogP contribution in [0.3, 0.4) is 0 Å². The van der Waals surface area contributed by atoms with E-state index in [0.29, 0.717) is 32.6 Å². The zero-order valence-electron chi connectivity index (χ0n) is 31.6. The summed E-state index contributed by atoms with van der Waals surface area (Å²) >= 11 is 6.47. The Bertz CT molecular complexity index is 1730. The molecule has 4 aromatic rings. The number of unbranched alkanes of at least 4 members (excludes halogenated alkanes) is 2. The van der Waals surface area contributed by atoms with Gasteiger partial charge in [0.25, 0.3) is 0 Å². The fourth-order valence-electron chi connectivity index (χ4n) is 4.74. The Morgan fingerprint density at radius 2 is 1.04 bits per heavy atom. The van der Waals surface area contributed by atoms with E-state index in [1.807, 2.05) is 77.0 Å². The van der Waals surface area contributed by atoms with Gasteiger partial charge in [-0.2, -0.15) is 0 Å². The van der Waals surface area contributed by atoms with Crippen LogP contribution in [-0.4, -0.2) is 76.6 Å². The molecule has 0 fully saturated rings. The van der Waals surface area contributed by atoms with Gasteiger partial charge in [-0.15, -0.1) is 45.3 Å². The van der Waals surface area contributed by atoms with Crippen LogP contribution in [-0.2, 0) is 54.7 Å². The number of rotatable bonds is 20. The molecule has 0 aliphatic heterocycles. The van der Waals surface area contributed by atoms with Crippen LogP contribution in [0.1, 0.15) is 71.9 Å². The zero-order valence-corrected chi connectivity index (χ0v) is 37.3. The minimum atomic E-state index is -3.36. The first-order valence-electron chi connectivity index (χ1n) is 17.6. The Kier molecular flexibility index (Phi) is 23.3. The average Bonchev–Trinajstić information content (AvgIpc) is 3.96. The van der Waals surface area contributed by atoms with Crippen molar-refractivity contribution in [3.05, 3.63) is 89.6 Å². The van der Waals surface area contributed by atoms with Crippen molar-refractivity contribution in [3.8, 4) is 0 Å². The lowest BCUT2D eigenvalue weighted by molar-refractivity contribution is 0.0896. The third-order valence-electron chi connectivity index (χ3n) is 7.27. The van der Waals surface area contributed by atoms with Gasteiger partial charge in [0.2, 0.25) is 19.1 Å². The molecule has 4 heterocycles. The Morgan fingerprint density at radius 3 is 1.35 bits per heavy atom. The highest BCUT2D eigenvalue weighted by molar-refractivity contribution is 8.13. The molecule has 308 valence electrons. The van der Waals surface area contributed by atoms with Crippen LogP contribution in [0.2, 0.25) is 0 Å². The molecule has 0 unspecified atom stereocenters. The number of sulfonamides is 1. The summed E-state index contributed by atoms with van der Waals surface area (Å²) in [4.78, 5) is 32.9. The van der Waals surface area contributed by atoms with Crippen LogP contribution in [0.15, 0.2) is 70.1 Å². The van der Waals surface area contributed by atoms with E-state index in [1.165, 1.54) is 0 Å². The number of carbonyl (C=O) groups is 2. The van der Waals surface area contributed by atoms with Gasteiger partial charge in [-0.25, -0.2) is 31.1 Å². The number of hydrogen-bond acceptors (Lipinski definition) is 13. The molecule has 4 aromatic heterocycles. The summed E-state index contributed by atoms with van der Waals surface area (Å²) in [7, 11) is -2.05. The lowest BCUT2D eigenvalue weighted by Gasteiger charge is -2.23. The van der Waals surface area contributed by atoms with Crippen molar-refractivity contribution < 1.29 is 35.9 Å². The maximum absolute atomic E-state index is 12.7. The SMILES string of the molecule is CCCC[C@@H](COC(=O)N(Cc1cccs1)Cc1cccs1)NS(C)(=O)=O.CCCC[C@H](N)COC(=O)N(Cc1cccs1)Cc1cccs1.CS(=O)(=O)Cl. The van der Waals surface area contributed by atoms with Crippen LogP contribution < -0.4 is 10.5 Å². The molecule has 4 rings (SSSR count). The first-order chi connectivity index (χ1) is 26.1. The Balaban J connectivity index is 0.000000342. The number of thiophene rings is 4. The zero-order chi connectivity index (χ0) is 40.7. The van der Waals surface area contributed by atoms with Crippen LogP contribution in [0, 0.1) is 0 Å². The minimum Gasteiger partial charge on any atom is -0.448 e. The number of carbonyl (C=O) groups excluding carboxylic acids is 2. The summed E-state index contributed by atoms with van der Waals surface area (Å²) < 4.78 is 55.4. The van der Waals surface area contributed by atoms with E-state index < -0.39 is 31.2 Å². The molecule has 0 aliphatic carbocycles. The van der Waals surface area contributed by atoms with E-state index in [9.17, 15) is 26.4 Å². The van der Waals surface area contributed by atoms with Gasteiger partial charge in [0.15, 0.2) is 0 Å². The molecule has 19 heteroatoms. The van der Waals surface area contributed by atoms with Gasteiger partial charge in [0.1, 0.15) is 13.2 Å². The molecule has 2 atom stereocenters. The van der Waals surface area contributed by atoms with Crippen LogP contribution >= 0.6 is 56.0 Å². The lowest BCUT2D eigenvalue weighted by atomic mass is 10.1. The molecule has 0 bridgehead atoms. The molecule has 3 N–H and O–H groups in total. The van der Waals surface area contributed by atoms with Crippen molar-refractivity contribution in [1.82, 2.24) is 14.5 Å². The lowest BCUT2D eigenvalue weighted by Crippen LogP contribution is -2.40. The summed E-state index contributed by atoms with van der Waals surface area (Å²) in [6, 6.07) is 15.4. The highest BCUT2D eigenvalue weighted by atomic mass is 35.7. The molecular formula is C36H53ClN4O8S6. The van der Waals surface area contributed by atoms with Crippen LogP contribution in [0.25, 0.3) is 0 Å². The summed E-state index contributed by atoms with van der Waals surface area (Å²) in [6.45, 7) is 6.54. The monoisotopic (exact) mass is 896 g/mol. The number of halogens is 1. The first-order valence-corrected chi connectivity index (χ1v) is 25.7. The highest BCUT2D eigenvalue weighted by Gasteiger charge is 2.21. The molecule has 0 spiro atoms. The predicted octanol–water partition coefficient (Wildman–Crippen LogP) is 8.71. The van der Waals surface area contributed by atoms with E-state index in [0.717, 1.165) is 64.1 Å². The highest BCUT2D eigenvalue weighted by Crippen LogP contribution is 2.20. The van der Waals surface area contributed by atoms with Gasteiger partial charge < -0.3 is 15.2 Å². The standard InChI is InChI=1S/C18H26N2O4S3.C17H24N2O2S2.CH3ClO2S/c1-3-4-7-15(19-27(2,22)23)14-24-18(21)20(12-16-8-5-10-25-16)13-17-9-6-11-26-17;1-2-3-6-14(18)13-21-17(20)19(11-15-7-4-9-22-15)12-16-8-5-10-23-16;1-5(2,3)4/h5-6,8-11,15,19H,3-4,7,12-14H2,1-2H3;4-5,7-10,14H,2-3,6,11-13,18H2,1H3;1H3/t15-;14-;/m00./s1. The predicted molar refractivity (Wildman–Crippen MR) is 228 cm³/mol. The molecule has 0 aromatic carbocycles. The van der Waals surface area contributed by atoms with Crippen molar-refractivity contribution in [3.63, 3.8) is 0 Å². The normalized spacial score (nSPS) is 12.3. The quantitative estimate of drug-likeness (QED) is 0.0826. The molecule has 0 saturated carbocycles. The molecule has 0 saturated heterocycles. The van der Waals surface area contributed by atoms with Gasteiger partial charge in [0.05, 0.1) is 44.7 Å². The second-order valence-electron chi connectivity index (χ2n) is 12.5. The van der Waals surface area contributed by atoms with Crippen molar-refractivity contribution in [2.24, 2.45) is 5.73 Å². The molecular weight excluding hydrogens is 844 g/mol. The van der Waals surface area contributed by atoms with Gasteiger partial charge in [0, 0.05) is 36.2 Å². The number of nitrogens with one attached hydrogen (secondary N) is 1. The molecule has 2 amide bonds. The maximum atomic E-state index is 12.7. The number of nitrogens with two attached hydrogens (primary N) is 1. The minimum absolute atomic E-state index is 0.0251. The smallest absolute Gasteiger partial charge is 0.410 e. The van der Waals surface area contributed by atoms with Crippen molar-refractivity contribution in [2.75, 3.05) is 25.7 Å². The van der Waals surface area contributed by atoms with Gasteiger partial charge in [-0.05, 0) is 58.6 Å². The fourth-order valence-corrected chi connectivity index (χ4v) is 8.41. The van der Waals surface area contributed by atoms with Gasteiger partial charge in [-0.3, -0.25) is 9.80 Å². The Morgan fingerprint density at radius 1 is 0.691 bits per heavy atom. The molecule has 0 radical (unpaired) electrons. The maximum Gasteiger partial charge on any atom is 0.410 e. The largest absolute Gasteiger partial charge is 0.448 e. The number of nitrogens with zero attached hydrogens (tertiary/aromatic N) is 2. The van der Waals surface area contributed by atoms with E-state index in [4.69, 9.17) is 15.2 Å². The number of hydrogen-bond donors (Lipinski definition) is 2. The van der Waals surface area contributed by atoms with E-state index in [-0.39, 0.29) is 25.3 Å². The molecule has 12 nitrogen and oxygen atoms in total. The van der Waals surface area contributed by atoms with Crippen molar-refractivity contribution in [1.29, 1.82) is 0 Å². The third-order valence-corrected chi connectivity index (χ3v) is 11.5. The first kappa shape index (κ1) is 48.6. The second kappa shape index (κ2) is 26.4. The van der Waals surface area contributed by atoms with Gasteiger partial charge >= 0.3 is 12.2 Å². The van der Waals surface area contributed by atoms with Crippen molar-refractivity contribution >= 4 is 87.3 Å². The van der Waals surface area contributed by atoms with E-state index >= 15 is 0 Å². The Hall–Kier alpha value is -2.55. The topological polar surface area (TPSA) is 165 Å². The molecule has 55 heavy (non-hydrogen) atoms. The third kappa shape index (κ3) is 24.0.